The lowest BCUT2D eigenvalue weighted by atomic mass is 10.0. The molecule has 0 amide bonds. The Balaban J connectivity index is 4.13. The van der Waals surface area contributed by atoms with Crippen molar-refractivity contribution in [2.45, 2.75) is 40.7 Å². The predicted molar refractivity (Wildman–Crippen MR) is 51.5 cm³/mol. The largest absolute Gasteiger partial charge is 0.375 e. The maximum absolute atomic E-state index is 2.32. The normalized spacial score (nSPS) is 15.4. The van der Waals surface area contributed by atoms with E-state index < -0.39 is 0 Å². The van der Waals surface area contributed by atoms with Gasteiger partial charge in [0.15, 0.2) is 0 Å². The van der Waals surface area contributed by atoms with E-state index in [1.807, 2.05) is 0 Å². The van der Waals surface area contributed by atoms with Gasteiger partial charge in [0.25, 0.3) is 0 Å². The Hall–Kier alpha value is -0.460. The molecule has 1 atom stereocenters. The van der Waals surface area contributed by atoms with Crippen molar-refractivity contribution in [1.29, 1.82) is 0 Å². The van der Waals surface area contributed by atoms with Gasteiger partial charge in [0.1, 0.15) is 0 Å². The molecule has 1 nitrogen and oxygen atoms in total. The summed E-state index contributed by atoms with van der Waals surface area (Å²) in [5, 5.41) is 0. The lowest BCUT2D eigenvalue weighted by Crippen LogP contribution is -2.31. The third-order valence-electron chi connectivity index (χ3n) is 2.55. The average Bonchev–Trinajstić information content (AvgIpc) is 2.00. The van der Waals surface area contributed by atoms with Gasteiger partial charge in [0, 0.05) is 18.8 Å². The summed E-state index contributed by atoms with van der Waals surface area (Å²) in [7, 11) is 2.15. The standard InChI is InChI=1S/C10H21N/c1-7-9(4)11(6)10(5)8(2)3/h7-8,10H,1-6H3. The number of nitrogens with zero attached hydrogens (tertiary/aromatic N) is 1. The molecule has 0 bridgehead atoms. The molecule has 0 aromatic carbocycles. The van der Waals surface area contributed by atoms with Crippen LogP contribution in [0, 0.1) is 5.92 Å². The first-order valence-electron chi connectivity index (χ1n) is 4.36. The number of hydrogen-bond acceptors (Lipinski definition) is 1. The molecule has 0 aliphatic rings. The Kier molecular flexibility index (Phi) is 4.24. The molecule has 0 N–H and O–H groups in total. The first-order valence-corrected chi connectivity index (χ1v) is 4.36. The summed E-state index contributed by atoms with van der Waals surface area (Å²) < 4.78 is 0. The molecule has 0 saturated carbocycles. The highest BCUT2D eigenvalue weighted by Crippen LogP contribution is 2.12. The van der Waals surface area contributed by atoms with Gasteiger partial charge < -0.3 is 4.90 Å². The van der Waals surface area contributed by atoms with E-state index in [1.165, 1.54) is 5.70 Å². The van der Waals surface area contributed by atoms with Crippen molar-refractivity contribution in [3.05, 3.63) is 11.8 Å². The van der Waals surface area contributed by atoms with Crippen LogP contribution in [0.25, 0.3) is 0 Å². The first-order chi connectivity index (χ1) is 5.00. The summed E-state index contributed by atoms with van der Waals surface area (Å²) in [5.41, 5.74) is 1.35. The van der Waals surface area contributed by atoms with Gasteiger partial charge in [0.2, 0.25) is 0 Å². The number of allylic oxidation sites excluding steroid dienone is 2. The van der Waals surface area contributed by atoms with Gasteiger partial charge >= 0.3 is 0 Å². The second kappa shape index (κ2) is 4.42. The van der Waals surface area contributed by atoms with Gasteiger partial charge in [-0.15, -0.1) is 0 Å². The van der Waals surface area contributed by atoms with Crippen molar-refractivity contribution in [1.82, 2.24) is 4.90 Å². The molecule has 0 spiro atoms. The van der Waals surface area contributed by atoms with Crippen molar-refractivity contribution in [3.63, 3.8) is 0 Å². The zero-order chi connectivity index (χ0) is 9.02. The molecule has 0 aliphatic carbocycles. The molecule has 0 saturated heterocycles. The summed E-state index contributed by atoms with van der Waals surface area (Å²) in [6, 6.07) is 0.631. The minimum Gasteiger partial charge on any atom is -0.375 e. The van der Waals surface area contributed by atoms with Crippen LogP contribution in [0.3, 0.4) is 0 Å². The maximum atomic E-state index is 2.32. The molecule has 0 aromatic rings. The smallest absolute Gasteiger partial charge is 0.0278 e. The van der Waals surface area contributed by atoms with E-state index in [2.05, 4.69) is 52.6 Å². The van der Waals surface area contributed by atoms with Gasteiger partial charge in [-0.1, -0.05) is 19.9 Å². The topological polar surface area (TPSA) is 3.24 Å². The van der Waals surface area contributed by atoms with E-state index in [0.717, 1.165) is 5.92 Å². The summed E-state index contributed by atoms with van der Waals surface area (Å²) >= 11 is 0. The van der Waals surface area contributed by atoms with E-state index in [9.17, 15) is 0 Å². The van der Waals surface area contributed by atoms with Gasteiger partial charge in [0.05, 0.1) is 0 Å². The second-order valence-corrected chi connectivity index (χ2v) is 3.53. The van der Waals surface area contributed by atoms with Crippen LogP contribution in [-0.2, 0) is 0 Å². The molecule has 0 aliphatic heterocycles. The quantitative estimate of drug-likeness (QED) is 0.605. The molecular formula is C10H21N. The molecule has 1 heteroatoms. The molecule has 0 radical (unpaired) electrons. The SMILES string of the molecule is CC=C(C)N(C)C(C)C(C)C. The highest BCUT2D eigenvalue weighted by Gasteiger charge is 2.11. The summed E-state index contributed by atoms with van der Waals surface area (Å²) in [6.45, 7) is 11.0. The van der Waals surface area contributed by atoms with Crippen molar-refractivity contribution in [2.75, 3.05) is 7.05 Å². The summed E-state index contributed by atoms with van der Waals surface area (Å²) in [4.78, 5) is 2.32. The Morgan fingerprint density at radius 3 is 2.00 bits per heavy atom. The van der Waals surface area contributed by atoms with E-state index in [-0.39, 0.29) is 0 Å². The first kappa shape index (κ1) is 10.5. The van der Waals surface area contributed by atoms with Crippen molar-refractivity contribution < 1.29 is 0 Å². The second-order valence-electron chi connectivity index (χ2n) is 3.53. The number of hydrogen-bond donors (Lipinski definition) is 0. The number of rotatable bonds is 3. The van der Waals surface area contributed by atoms with Crippen LogP contribution in [-0.4, -0.2) is 18.0 Å². The van der Waals surface area contributed by atoms with Crippen LogP contribution < -0.4 is 0 Å². The van der Waals surface area contributed by atoms with Crippen molar-refractivity contribution >= 4 is 0 Å². The molecule has 11 heavy (non-hydrogen) atoms. The van der Waals surface area contributed by atoms with Crippen LogP contribution in [0.5, 0.6) is 0 Å². The van der Waals surface area contributed by atoms with Gasteiger partial charge in [-0.3, -0.25) is 0 Å². The minimum atomic E-state index is 0.631. The monoisotopic (exact) mass is 155 g/mol. The van der Waals surface area contributed by atoms with Crippen LogP contribution >= 0.6 is 0 Å². The van der Waals surface area contributed by atoms with Gasteiger partial charge in [-0.25, -0.2) is 0 Å². The predicted octanol–water partition coefficient (Wildman–Crippen LogP) is 2.89. The third kappa shape index (κ3) is 2.96. The Labute approximate surface area is 71.1 Å². The zero-order valence-corrected chi connectivity index (χ0v) is 8.68. The van der Waals surface area contributed by atoms with Crippen molar-refractivity contribution in [2.24, 2.45) is 5.92 Å². The molecule has 66 valence electrons. The minimum absolute atomic E-state index is 0.631. The highest BCUT2D eigenvalue weighted by atomic mass is 15.1. The fourth-order valence-corrected chi connectivity index (χ4v) is 0.972. The molecule has 0 aromatic heterocycles. The zero-order valence-electron chi connectivity index (χ0n) is 8.68. The lowest BCUT2D eigenvalue weighted by Gasteiger charge is -2.30. The van der Waals surface area contributed by atoms with Crippen LogP contribution in [0.2, 0.25) is 0 Å². The summed E-state index contributed by atoms with van der Waals surface area (Å²) in [6.07, 6.45) is 2.15. The molecular weight excluding hydrogens is 134 g/mol. The van der Waals surface area contributed by atoms with Crippen LogP contribution in [0.15, 0.2) is 11.8 Å². The van der Waals surface area contributed by atoms with Gasteiger partial charge in [-0.2, -0.15) is 0 Å². The fraction of sp³-hybridized carbons (Fsp3) is 0.800. The highest BCUT2D eigenvalue weighted by molar-refractivity contribution is 4.96. The molecule has 0 heterocycles. The third-order valence-corrected chi connectivity index (χ3v) is 2.55. The average molecular weight is 155 g/mol. The van der Waals surface area contributed by atoms with Crippen LogP contribution in [0.4, 0.5) is 0 Å². The maximum Gasteiger partial charge on any atom is 0.0278 e. The van der Waals surface area contributed by atoms with E-state index in [4.69, 9.17) is 0 Å². The molecule has 1 unspecified atom stereocenters. The summed E-state index contributed by atoms with van der Waals surface area (Å²) in [5.74, 6) is 0.717. The van der Waals surface area contributed by atoms with Crippen molar-refractivity contribution in [3.8, 4) is 0 Å². The Bertz CT molecular complexity index is 136. The van der Waals surface area contributed by atoms with E-state index in [0.29, 0.717) is 6.04 Å². The fourth-order valence-electron chi connectivity index (χ4n) is 0.972. The van der Waals surface area contributed by atoms with Gasteiger partial charge in [-0.05, 0) is 26.7 Å². The molecule has 0 rings (SSSR count). The van der Waals surface area contributed by atoms with Crippen LogP contribution in [0.1, 0.15) is 34.6 Å². The molecule has 0 fully saturated rings. The van der Waals surface area contributed by atoms with E-state index >= 15 is 0 Å². The Morgan fingerprint density at radius 1 is 1.27 bits per heavy atom. The Morgan fingerprint density at radius 2 is 1.73 bits per heavy atom. The lowest BCUT2D eigenvalue weighted by molar-refractivity contribution is 0.259. The van der Waals surface area contributed by atoms with E-state index in [1.54, 1.807) is 0 Å².